The van der Waals surface area contributed by atoms with Crippen molar-refractivity contribution in [3.05, 3.63) is 65.4 Å². The number of hydrogen-bond donors (Lipinski definition) is 2. The Balaban J connectivity index is 1.59. The van der Waals surface area contributed by atoms with Crippen LogP contribution < -0.4 is 10.2 Å². The Morgan fingerprint density at radius 1 is 1.10 bits per heavy atom. The molecule has 0 aliphatic rings. The van der Waals surface area contributed by atoms with Crippen LogP contribution in [0.5, 0.6) is 5.75 Å². The first-order chi connectivity index (χ1) is 14.0. The zero-order valence-electron chi connectivity index (χ0n) is 16.5. The number of hydrogen-bond acceptors (Lipinski definition) is 6. The summed E-state index contributed by atoms with van der Waals surface area (Å²) in [7, 11) is 3.92. The SMILES string of the molecule is CN(C)Cc1c(C(=O)CCCOc2ccc(C(=O)NO)cc2)oc2ccccc12. The van der Waals surface area contributed by atoms with E-state index in [1.165, 1.54) is 0 Å². The van der Waals surface area contributed by atoms with Gasteiger partial charge in [0.1, 0.15) is 11.3 Å². The summed E-state index contributed by atoms with van der Waals surface area (Å²) in [6, 6.07) is 14.0. The van der Waals surface area contributed by atoms with Gasteiger partial charge in [0.2, 0.25) is 0 Å². The molecular formula is C22H24N2O5. The van der Waals surface area contributed by atoms with Crippen LogP contribution in [0.2, 0.25) is 0 Å². The van der Waals surface area contributed by atoms with Gasteiger partial charge in [-0.25, -0.2) is 5.48 Å². The van der Waals surface area contributed by atoms with E-state index in [-0.39, 0.29) is 5.78 Å². The number of amides is 1. The molecule has 0 aliphatic carbocycles. The second kappa shape index (κ2) is 9.36. The van der Waals surface area contributed by atoms with Crippen LogP contribution in [0.4, 0.5) is 0 Å². The number of nitrogens with zero attached hydrogens (tertiary/aromatic N) is 1. The van der Waals surface area contributed by atoms with E-state index in [0.717, 1.165) is 16.5 Å². The molecule has 2 aromatic carbocycles. The molecule has 0 spiro atoms. The molecule has 3 rings (SSSR count). The van der Waals surface area contributed by atoms with Crippen molar-refractivity contribution in [3.8, 4) is 5.75 Å². The lowest BCUT2D eigenvalue weighted by molar-refractivity contribution is 0.0706. The van der Waals surface area contributed by atoms with Crippen molar-refractivity contribution in [2.45, 2.75) is 19.4 Å². The highest BCUT2D eigenvalue weighted by atomic mass is 16.5. The van der Waals surface area contributed by atoms with Crippen molar-refractivity contribution < 1.29 is 24.0 Å². The van der Waals surface area contributed by atoms with E-state index in [4.69, 9.17) is 14.4 Å². The molecule has 152 valence electrons. The monoisotopic (exact) mass is 396 g/mol. The number of carbonyl (C=O) groups is 2. The Hall–Kier alpha value is -3.16. The van der Waals surface area contributed by atoms with Crippen molar-refractivity contribution >= 4 is 22.7 Å². The molecule has 0 saturated carbocycles. The van der Waals surface area contributed by atoms with Crippen LogP contribution in [0.3, 0.4) is 0 Å². The highest BCUT2D eigenvalue weighted by molar-refractivity contribution is 6.00. The molecule has 0 atom stereocenters. The van der Waals surface area contributed by atoms with Gasteiger partial charge in [0.25, 0.3) is 5.91 Å². The quantitative estimate of drug-likeness (QED) is 0.248. The Labute approximate surface area is 168 Å². The van der Waals surface area contributed by atoms with Gasteiger partial charge >= 0.3 is 0 Å². The van der Waals surface area contributed by atoms with E-state index in [1.807, 2.05) is 43.3 Å². The smallest absolute Gasteiger partial charge is 0.274 e. The van der Waals surface area contributed by atoms with Crippen LogP contribution in [0.15, 0.2) is 52.9 Å². The third-order valence-corrected chi connectivity index (χ3v) is 4.46. The van der Waals surface area contributed by atoms with Crippen molar-refractivity contribution in [2.24, 2.45) is 0 Å². The number of ether oxygens (including phenoxy) is 1. The normalized spacial score (nSPS) is 11.0. The predicted molar refractivity (Wildman–Crippen MR) is 108 cm³/mol. The number of carbonyl (C=O) groups excluding carboxylic acids is 2. The molecule has 0 aliphatic heterocycles. The standard InChI is InChI=1S/C22H24N2O5/c1-24(2)14-18-17-6-3-4-8-20(17)29-21(18)19(25)7-5-13-28-16-11-9-15(10-12-16)22(26)23-27/h3-4,6,8-12,27H,5,7,13-14H2,1-2H3,(H,23,26). The van der Waals surface area contributed by atoms with Crippen LogP contribution in [0, 0.1) is 0 Å². The molecule has 1 aromatic heterocycles. The number of Topliss-reactive ketones (excluding diaryl/α,β-unsaturated/α-hetero) is 1. The average molecular weight is 396 g/mol. The molecule has 7 nitrogen and oxygen atoms in total. The lowest BCUT2D eigenvalue weighted by Crippen LogP contribution is -2.18. The first-order valence-corrected chi connectivity index (χ1v) is 9.35. The highest BCUT2D eigenvalue weighted by Crippen LogP contribution is 2.28. The summed E-state index contributed by atoms with van der Waals surface area (Å²) in [5, 5.41) is 9.58. The van der Waals surface area contributed by atoms with Gasteiger partial charge in [-0.3, -0.25) is 14.8 Å². The van der Waals surface area contributed by atoms with E-state index in [0.29, 0.717) is 43.1 Å². The molecule has 29 heavy (non-hydrogen) atoms. The zero-order chi connectivity index (χ0) is 20.8. The van der Waals surface area contributed by atoms with Gasteiger partial charge < -0.3 is 14.1 Å². The largest absolute Gasteiger partial charge is 0.494 e. The number of hydroxylamine groups is 1. The molecular weight excluding hydrogens is 372 g/mol. The molecule has 0 radical (unpaired) electrons. The maximum Gasteiger partial charge on any atom is 0.274 e. The van der Waals surface area contributed by atoms with Gasteiger partial charge in [0.15, 0.2) is 11.5 Å². The van der Waals surface area contributed by atoms with Crippen molar-refractivity contribution in [1.29, 1.82) is 0 Å². The maximum atomic E-state index is 12.7. The fourth-order valence-corrected chi connectivity index (χ4v) is 3.10. The molecule has 0 unspecified atom stereocenters. The fourth-order valence-electron chi connectivity index (χ4n) is 3.10. The van der Waals surface area contributed by atoms with Crippen LogP contribution >= 0.6 is 0 Å². The Bertz CT molecular complexity index is 992. The number of furan rings is 1. The summed E-state index contributed by atoms with van der Waals surface area (Å²) in [4.78, 5) is 26.1. The first kappa shape index (κ1) is 20.6. The van der Waals surface area contributed by atoms with Crippen molar-refractivity contribution in [3.63, 3.8) is 0 Å². The van der Waals surface area contributed by atoms with Gasteiger partial charge in [0, 0.05) is 29.5 Å². The summed E-state index contributed by atoms with van der Waals surface area (Å²) in [5.41, 5.74) is 3.53. The molecule has 7 heteroatoms. The van der Waals surface area contributed by atoms with Gasteiger partial charge in [0.05, 0.1) is 6.61 Å². The van der Waals surface area contributed by atoms with Crippen LogP contribution in [-0.2, 0) is 6.54 Å². The topological polar surface area (TPSA) is 92.0 Å². The minimum atomic E-state index is -0.582. The van der Waals surface area contributed by atoms with E-state index in [2.05, 4.69) is 0 Å². The van der Waals surface area contributed by atoms with Crippen LogP contribution in [0.1, 0.15) is 39.3 Å². The number of rotatable bonds is 9. The van der Waals surface area contributed by atoms with E-state index < -0.39 is 5.91 Å². The highest BCUT2D eigenvalue weighted by Gasteiger charge is 2.20. The summed E-state index contributed by atoms with van der Waals surface area (Å²) < 4.78 is 11.5. The van der Waals surface area contributed by atoms with Gasteiger partial charge in [-0.05, 0) is 50.8 Å². The molecule has 3 aromatic rings. The molecule has 1 amide bonds. The Morgan fingerprint density at radius 3 is 2.52 bits per heavy atom. The number of benzene rings is 2. The molecule has 0 saturated heterocycles. The Kier molecular flexibility index (Phi) is 6.64. The molecule has 2 N–H and O–H groups in total. The summed E-state index contributed by atoms with van der Waals surface area (Å²) in [6.07, 6.45) is 0.849. The number of ketones is 1. The minimum Gasteiger partial charge on any atom is -0.494 e. The molecule has 0 bridgehead atoms. The maximum absolute atomic E-state index is 12.7. The molecule has 0 fully saturated rings. The van der Waals surface area contributed by atoms with Crippen molar-refractivity contribution in [1.82, 2.24) is 10.4 Å². The molecule has 1 heterocycles. The lowest BCUT2D eigenvalue weighted by Gasteiger charge is -2.10. The fraction of sp³-hybridized carbons (Fsp3) is 0.273. The zero-order valence-corrected chi connectivity index (χ0v) is 16.5. The first-order valence-electron chi connectivity index (χ1n) is 9.35. The number of para-hydroxylation sites is 1. The van der Waals surface area contributed by atoms with Crippen LogP contribution in [-0.4, -0.2) is 42.5 Å². The van der Waals surface area contributed by atoms with E-state index in [9.17, 15) is 9.59 Å². The average Bonchev–Trinajstić information content (AvgIpc) is 3.09. The van der Waals surface area contributed by atoms with E-state index >= 15 is 0 Å². The van der Waals surface area contributed by atoms with Gasteiger partial charge in [-0.15, -0.1) is 0 Å². The predicted octanol–water partition coefficient (Wildman–Crippen LogP) is 3.66. The summed E-state index contributed by atoms with van der Waals surface area (Å²) in [5.74, 6) is 0.376. The number of nitrogens with one attached hydrogen (secondary N) is 1. The summed E-state index contributed by atoms with van der Waals surface area (Å²) >= 11 is 0. The van der Waals surface area contributed by atoms with Gasteiger partial charge in [-0.2, -0.15) is 0 Å². The van der Waals surface area contributed by atoms with Crippen molar-refractivity contribution in [2.75, 3.05) is 20.7 Å². The second-order valence-electron chi connectivity index (χ2n) is 6.98. The summed E-state index contributed by atoms with van der Waals surface area (Å²) in [6.45, 7) is 0.989. The van der Waals surface area contributed by atoms with E-state index in [1.54, 1.807) is 29.7 Å². The minimum absolute atomic E-state index is 0.0448. The third-order valence-electron chi connectivity index (χ3n) is 4.46. The number of fused-ring (bicyclic) bond motifs is 1. The second-order valence-corrected chi connectivity index (χ2v) is 6.98. The Morgan fingerprint density at radius 2 is 1.83 bits per heavy atom. The lowest BCUT2D eigenvalue weighted by atomic mass is 10.1. The van der Waals surface area contributed by atoms with Gasteiger partial charge in [-0.1, -0.05) is 18.2 Å². The van der Waals surface area contributed by atoms with Crippen LogP contribution in [0.25, 0.3) is 11.0 Å². The third kappa shape index (κ3) is 5.01.